The second-order valence-corrected chi connectivity index (χ2v) is 5.52. The second kappa shape index (κ2) is 4.61. The zero-order chi connectivity index (χ0) is 14.3. The number of aliphatic hydroxyl groups is 1. The highest BCUT2D eigenvalue weighted by molar-refractivity contribution is 6.30. The van der Waals surface area contributed by atoms with Crippen LogP contribution in [0.5, 0.6) is 0 Å². The van der Waals surface area contributed by atoms with Crippen molar-refractivity contribution in [2.24, 2.45) is 0 Å². The number of β-amino-alcohol motifs (C(OH)–C–C–N with tert-alkyl or cyclic N) is 1. The zero-order valence-corrected chi connectivity index (χ0v) is 11.7. The summed E-state index contributed by atoms with van der Waals surface area (Å²) in [6.45, 7) is 2.55. The normalized spacial score (nSPS) is 16.9. The Labute approximate surface area is 120 Å². The van der Waals surface area contributed by atoms with Crippen LogP contribution in [-0.2, 0) is 5.60 Å². The summed E-state index contributed by atoms with van der Waals surface area (Å²) in [4.78, 5) is 20.2. The van der Waals surface area contributed by atoms with E-state index in [2.05, 4.69) is 9.97 Å². The Morgan fingerprint density at radius 3 is 2.60 bits per heavy atom. The topological polar surface area (TPSA) is 69.2 Å². The average molecular weight is 292 g/mol. The van der Waals surface area contributed by atoms with Crippen LogP contribution in [0.4, 0.5) is 5.82 Å². The number of hydrogen-bond donors (Lipinski definition) is 2. The van der Waals surface area contributed by atoms with Gasteiger partial charge in [-0.05, 0) is 24.6 Å². The number of halogens is 1. The van der Waals surface area contributed by atoms with Crippen LogP contribution in [0.3, 0.4) is 0 Å². The highest BCUT2D eigenvalue weighted by Gasteiger charge is 2.43. The molecule has 1 aliphatic rings. The van der Waals surface area contributed by atoms with Gasteiger partial charge < -0.3 is 15.0 Å². The SMILES string of the molecule is Cc1nc(N2CC(O)(c3ccc(Cl)cc3)C2)cc(=O)[nH]1. The van der Waals surface area contributed by atoms with Crippen molar-refractivity contribution in [3.8, 4) is 0 Å². The Balaban J connectivity index is 1.80. The first-order valence-corrected chi connectivity index (χ1v) is 6.65. The van der Waals surface area contributed by atoms with Crippen LogP contribution in [0.1, 0.15) is 11.4 Å². The fourth-order valence-corrected chi connectivity index (χ4v) is 2.54. The Hall–Kier alpha value is -1.85. The molecule has 20 heavy (non-hydrogen) atoms. The molecular weight excluding hydrogens is 278 g/mol. The molecule has 2 N–H and O–H groups in total. The van der Waals surface area contributed by atoms with Crippen molar-refractivity contribution in [2.75, 3.05) is 18.0 Å². The lowest BCUT2D eigenvalue weighted by Gasteiger charge is -2.47. The molecule has 2 aromatic rings. The predicted molar refractivity (Wildman–Crippen MR) is 77.2 cm³/mol. The van der Waals surface area contributed by atoms with Gasteiger partial charge in [0.25, 0.3) is 5.56 Å². The van der Waals surface area contributed by atoms with Gasteiger partial charge in [-0.15, -0.1) is 0 Å². The third kappa shape index (κ3) is 2.30. The van der Waals surface area contributed by atoms with Gasteiger partial charge in [0, 0.05) is 11.1 Å². The Kier molecular flexibility index (Phi) is 3.03. The molecule has 1 saturated heterocycles. The molecule has 1 fully saturated rings. The molecule has 0 spiro atoms. The maximum Gasteiger partial charge on any atom is 0.252 e. The highest BCUT2D eigenvalue weighted by Crippen LogP contribution is 2.34. The number of anilines is 1. The molecule has 0 bridgehead atoms. The van der Waals surface area contributed by atoms with Crippen molar-refractivity contribution < 1.29 is 5.11 Å². The van der Waals surface area contributed by atoms with Gasteiger partial charge in [0.1, 0.15) is 17.2 Å². The maximum atomic E-state index is 11.4. The van der Waals surface area contributed by atoms with E-state index in [0.29, 0.717) is 29.8 Å². The molecule has 3 rings (SSSR count). The van der Waals surface area contributed by atoms with Gasteiger partial charge >= 0.3 is 0 Å². The fraction of sp³-hybridized carbons (Fsp3) is 0.286. The maximum absolute atomic E-state index is 11.4. The minimum Gasteiger partial charge on any atom is -0.381 e. The molecule has 1 aromatic heterocycles. The van der Waals surface area contributed by atoms with E-state index in [1.807, 2.05) is 17.0 Å². The molecule has 0 saturated carbocycles. The smallest absolute Gasteiger partial charge is 0.252 e. The van der Waals surface area contributed by atoms with E-state index in [1.54, 1.807) is 19.1 Å². The van der Waals surface area contributed by atoms with E-state index in [0.717, 1.165) is 5.56 Å². The Bertz CT molecular complexity index is 690. The quantitative estimate of drug-likeness (QED) is 0.878. The largest absolute Gasteiger partial charge is 0.381 e. The first-order valence-electron chi connectivity index (χ1n) is 6.28. The minimum absolute atomic E-state index is 0.186. The molecule has 2 heterocycles. The minimum atomic E-state index is -0.914. The van der Waals surface area contributed by atoms with E-state index in [1.165, 1.54) is 6.07 Å². The predicted octanol–water partition coefficient (Wildman–Crippen LogP) is 1.44. The number of aromatic amines is 1. The van der Waals surface area contributed by atoms with Crippen molar-refractivity contribution in [1.29, 1.82) is 0 Å². The third-order valence-corrected chi connectivity index (χ3v) is 3.71. The van der Waals surface area contributed by atoms with Crippen molar-refractivity contribution in [1.82, 2.24) is 9.97 Å². The summed E-state index contributed by atoms with van der Waals surface area (Å²) in [5.41, 5.74) is -0.280. The van der Waals surface area contributed by atoms with Crippen LogP contribution >= 0.6 is 11.6 Å². The van der Waals surface area contributed by atoms with E-state index >= 15 is 0 Å². The number of aromatic nitrogens is 2. The van der Waals surface area contributed by atoms with Crippen LogP contribution in [0.15, 0.2) is 35.1 Å². The molecule has 1 aromatic carbocycles. The number of aryl methyl sites for hydroxylation is 1. The molecule has 1 aliphatic heterocycles. The van der Waals surface area contributed by atoms with Gasteiger partial charge in [-0.2, -0.15) is 0 Å². The van der Waals surface area contributed by atoms with Gasteiger partial charge in [-0.3, -0.25) is 4.79 Å². The standard InChI is InChI=1S/C14H14ClN3O2/c1-9-16-12(6-13(19)17-9)18-7-14(20,8-18)10-2-4-11(15)5-3-10/h2-6,20H,7-8H2,1H3,(H,16,17,19). The van der Waals surface area contributed by atoms with Crippen molar-refractivity contribution in [2.45, 2.75) is 12.5 Å². The lowest BCUT2D eigenvalue weighted by Crippen LogP contribution is -2.60. The highest BCUT2D eigenvalue weighted by atomic mass is 35.5. The van der Waals surface area contributed by atoms with Crippen LogP contribution < -0.4 is 10.5 Å². The summed E-state index contributed by atoms with van der Waals surface area (Å²) >= 11 is 5.84. The number of nitrogens with zero attached hydrogens (tertiary/aromatic N) is 2. The van der Waals surface area contributed by atoms with Gasteiger partial charge in [0.15, 0.2) is 0 Å². The molecule has 5 nitrogen and oxygen atoms in total. The summed E-state index contributed by atoms with van der Waals surface area (Å²) in [7, 11) is 0. The van der Waals surface area contributed by atoms with Gasteiger partial charge in [0.05, 0.1) is 13.1 Å². The summed E-state index contributed by atoms with van der Waals surface area (Å²) < 4.78 is 0. The summed E-state index contributed by atoms with van der Waals surface area (Å²) in [6, 6.07) is 8.58. The van der Waals surface area contributed by atoms with E-state index in [4.69, 9.17) is 11.6 Å². The van der Waals surface area contributed by atoms with E-state index in [-0.39, 0.29) is 5.56 Å². The van der Waals surface area contributed by atoms with Crippen LogP contribution in [0.2, 0.25) is 5.02 Å². The second-order valence-electron chi connectivity index (χ2n) is 5.08. The lowest BCUT2D eigenvalue weighted by atomic mass is 9.86. The Morgan fingerprint density at radius 2 is 2.00 bits per heavy atom. The summed E-state index contributed by atoms with van der Waals surface area (Å²) in [6.07, 6.45) is 0. The van der Waals surface area contributed by atoms with Gasteiger partial charge in [0.2, 0.25) is 0 Å². The first-order chi connectivity index (χ1) is 9.46. The molecule has 0 amide bonds. The first kappa shape index (κ1) is 13.1. The molecular formula is C14H14ClN3O2. The number of H-pyrrole nitrogens is 1. The number of benzene rings is 1. The number of nitrogens with one attached hydrogen (secondary N) is 1. The molecule has 0 aliphatic carbocycles. The van der Waals surface area contributed by atoms with Crippen LogP contribution in [0.25, 0.3) is 0 Å². The van der Waals surface area contributed by atoms with Crippen LogP contribution in [0, 0.1) is 6.92 Å². The summed E-state index contributed by atoms with van der Waals surface area (Å²) in [5, 5.41) is 11.2. The van der Waals surface area contributed by atoms with Gasteiger partial charge in [-0.1, -0.05) is 23.7 Å². The zero-order valence-electron chi connectivity index (χ0n) is 10.9. The molecule has 104 valence electrons. The monoisotopic (exact) mass is 291 g/mol. The number of hydrogen-bond acceptors (Lipinski definition) is 4. The third-order valence-electron chi connectivity index (χ3n) is 3.46. The molecule has 0 unspecified atom stereocenters. The van der Waals surface area contributed by atoms with E-state index in [9.17, 15) is 9.90 Å². The summed E-state index contributed by atoms with van der Waals surface area (Å²) in [5.74, 6) is 1.15. The fourth-order valence-electron chi connectivity index (χ4n) is 2.42. The average Bonchev–Trinajstić information content (AvgIpc) is 2.34. The Morgan fingerprint density at radius 1 is 1.35 bits per heavy atom. The van der Waals surface area contributed by atoms with E-state index < -0.39 is 5.60 Å². The molecule has 0 atom stereocenters. The molecule has 0 radical (unpaired) electrons. The van der Waals surface area contributed by atoms with Crippen LogP contribution in [-0.4, -0.2) is 28.2 Å². The van der Waals surface area contributed by atoms with Crippen molar-refractivity contribution in [3.05, 3.63) is 57.1 Å². The van der Waals surface area contributed by atoms with Crippen molar-refractivity contribution in [3.63, 3.8) is 0 Å². The number of rotatable bonds is 2. The molecule has 6 heteroatoms. The van der Waals surface area contributed by atoms with Crippen molar-refractivity contribution >= 4 is 17.4 Å². The lowest BCUT2D eigenvalue weighted by molar-refractivity contribution is 0.00702. The van der Waals surface area contributed by atoms with Gasteiger partial charge in [-0.25, -0.2) is 4.98 Å².